The van der Waals surface area contributed by atoms with Gasteiger partial charge in [0, 0.05) is 30.0 Å². The number of benzene rings is 1. The summed E-state index contributed by atoms with van der Waals surface area (Å²) in [4.78, 5) is 4.83. The smallest absolute Gasteiger partial charge is 0.115 e. The number of fused-ring (bicyclic) bond motifs is 1. The van der Waals surface area contributed by atoms with Crippen molar-refractivity contribution in [1.29, 1.82) is 0 Å². The molecule has 2 fully saturated rings. The number of pyridine rings is 1. The van der Waals surface area contributed by atoms with Crippen molar-refractivity contribution in [3.05, 3.63) is 53.3 Å². The molecule has 0 bridgehead atoms. The van der Waals surface area contributed by atoms with Gasteiger partial charge in [0.2, 0.25) is 0 Å². The maximum Gasteiger partial charge on any atom is 0.115 e. The lowest BCUT2D eigenvalue weighted by atomic mass is 9.65. The van der Waals surface area contributed by atoms with Crippen molar-refractivity contribution in [3.63, 3.8) is 0 Å². The van der Waals surface area contributed by atoms with E-state index in [2.05, 4.69) is 23.5 Å². The lowest BCUT2D eigenvalue weighted by Gasteiger charge is -2.49. The molecule has 3 nitrogen and oxygen atoms in total. The first kappa shape index (κ1) is 21.3. The van der Waals surface area contributed by atoms with Crippen LogP contribution in [0.1, 0.15) is 80.7 Å². The number of hydrogen-bond donors (Lipinski definition) is 1. The van der Waals surface area contributed by atoms with Crippen LogP contribution >= 0.6 is 0 Å². The summed E-state index contributed by atoms with van der Waals surface area (Å²) < 4.78 is 6.46. The van der Waals surface area contributed by atoms with Crippen molar-refractivity contribution in [3.8, 4) is 0 Å². The fourth-order valence-electron chi connectivity index (χ4n) is 6.40. The van der Waals surface area contributed by atoms with Crippen LogP contribution in [0.25, 0.3) is 0 Å². The Morgan fingerprint density at radius 3 is 2.74 bits per heavy atom. The predicted octanol–water partition coefficient (Wildman–Crippen LogP) is 3.09. The van der Waals surface area contributed by atoms with E-state index in [0.29, 0.717) is 6.04 Å². The highest BCUT2D eigenvalue weighted by Gasteiger charge is 2.47. The van der Waals surface area contributed by atoms with E-state index in [1.54, 1.807) is 0 Å². The van der Waals surface area contributed by atoms with E-state index in [4.69, 9.17) is 25.4 Å². The van der Waals surface area contributed by atoms with E-state index in [9.17, 15) is 0 Å². The Morgan fingerprint density at radius 2 is 1.94 bits per heavy atom. The van der Waals surface area contributed by atoms with E-state index >= 15 is 0 Å². The number of nitrogens with one attached hydrogen (secondary N) is 1. The molecule has 1 aliphatic heterocycles. The second kappa shape index (κ2) is 8.75. The van der Waals surface area contributed by atoms with Gasteiger partial charge in [-0.25, -0.2) is 0 Å². The predicted molar refractivity (Wildman–Crippen MR) is 128 cm³/mol. The fraction of sp³-hybridized carbons (Fsp3) is 0.577. The van der Waals surface area contributed by atoms with Gasteiger partial charge < -0.3 is 10.1 Å². The van der Waals surface area contributed by atoms with Crippen molar-refractivity contribution < 1.29 is 4.74 Å². The Bertz CT molecular complexity index is 905. The quantitative estimate of drug-likeness (QED) is 0.770. The minimum atomic E-state index is 0.0357. The topological polar surface area (TPSA) is 34.1 Å². The summed E-state index contributed by atoms with van der Waals surface area (Å²) in [5.41, 5.74) is 5.66. The normalized spacial score (nSPS) is 27.3. The van der Waals surface area contributed by atoms with E-state index in [-0.39, 0.29) is 11.0 Å². The van der Waals surface area contributed by atoms with Crippen LogP contribution < -0.4 is 16.2 Å². The minimum Gasteiger partial charge on any atom is -0.375 e. The molecule has 2 unspecified atom stereocenters. The van der Waals surface area contributed by atoms with Crippen LogP contribution in [0.5, 0.6) is 0 Å². The zero-order valence-corrected chi connectivity index (χ0v) is 18.5. The van der Waals surface area contributed by atoms with Gasteiger partial charge in [-0.15, -0.1) is 0 Å². The molecule has 2 aromatic rings. The summed E-state index contributed by atoms with van der Waals surface area (Å²) in [6.07, 6.45) is 13.5. The first-order valence-electron chi connectivity index (χ1n) is 12.1. The summed E-state index contributed by atoms with van der Waals surface area (Å²) in [6, 6.07) is 10.9. The number of nitrogens with zero attached hydrogens (tertiary/aromatic N) is 1. The molecule has 4 radical (unpaired) electrons. The van der Waals surface area contributed by atoms with Gasteiger partial charge in [0.25, 0.3) is 0 Å². The molecule has 1 spiro atoms. The Balaban J connectivity index is 1.35. The van der Waals surface area contributed by atoms with E-state index < -0.39 is 0 Å². The largest absolute Gasteiger partial charge is 0.375 e. The molecule has 1 saturated heterocycles. The van der Waals surface area contributed by atoms with Gasteiger partial charge in [0.15, 0.2) is 0 Å². The summed E-state index contributed by atoms with van der Waals surface area (Å²) in [5, 5.41) is 3.86. The zero-order valence-electron chi connectivity index (χ0n) is 18.5. The molecule has 0 amide bonds. The lowest BCUT2D eigenvalue weighted by Crippen LogP contribution is -2.50. The maximum atomic E-state index is 6.46. The Kier molecular flexibility index (Phi) is 6.00. The van der Waals surface area contributed by atoms with Crippen LogP contribution in [0.2, 0.25) is 0 Å². The van der Waals surface area contributed by atoms with Gasteiger partial charge >= 0.3 is 0 Å². The van der Waals surface area contributed by atoms with Crippen molar-refractivity contribution in [2.75, 3.05) is 13.2 Å². The minimum absolute atomic E-state index is 0.0357. The van der Waals surface area contributed by atoms with Gasteiger partial charge in [0.1, 0.15) is 15.7 Å². The first-order chi connectivity index (χ1) is 15.1. The van der Waals surface area contributed by atoms with Crippen LogP contribution in [0.15, 0.2) is 36.5 Å². The van der Waals surface area contributed by atoms with Gasteiger partial charge in [-0.1, -0.05) is 60.0 Å². The summed E-state index contributed by atoms with van der Waals surface area (Å²) in [7, 11) is 12.2. The Labute approximate surface area is 189 Å². The highest BCUT2D eigenvalue weighted by Crippen LogP contribution is 2.48. The number of hydrogen-bond acceptors (Lipinski definition) is 3. The number of rotatable bonds is 5. The van der Waals surface area contributed by atoms with Crippen LogP contribution in [0.4, 0.5) is 0 Å². The second-order valence-corrected chi connectivity index (χ2v) is 9.99. The van der Waals surface area contributed by atoms with Crippen molar-refractivity contribution in [1.82, 2.24) is 10.3 Å². The second-order valence-electron chi connectivity index (χ2n) is 9.99. The average molecular weight is 410 g/mol. The van der Waals surface area contributed by atoms with Crippen LogP contribution in [-0.4, -0.2) is 39.4 Å². The molecule has 1 aromatic heterocycles. The molecular formula is C26H32B2N2O. The molecule has 158 valence electrons. The molecule has 1 aromatic carbocycles. The molecule has 5 heteroatoms. The average Bonchev–Trinajstić information content (AvgIpc) is 3.19. The van der Waals surface area contributed by atoms with E-state index in [1.165, 1.54) is 48.9 Å². The first-order valence-corrected chi connectivity index (χ1v) is 12.1. The molecule has 2 heterocycles. The monoisotopic (exact) mass is 410 g/mol. The third-order valence-corrected chi connectivity index (χ3v) is 8.05. The van der Waals surface area contributed by atoms with E-state index in [1.807, 2.05) is 18.3 Å². The van der Waals surface area contributed by atoms with Gasteiger partial charge in [0.05, 0.1) is 5.60 Å². The van der Waals surface area contributed by atoms with Crippen LogP contribution in [-0.2, 0) is 16.6 Å². The molecule has 3 aliphatic rings. The fourth-order valence-corrected chi connectivity index (χ4v) is 6.40. The van der Waals surface area contributed by atoms with Crippen LogP contribution in [0, 0.1) is 0 Å². The molecule has 5 rings (SSSR count). The molecule has 1 saturated carbocycles. The van der Waals surface area contributed by atoms with Crippen molar-refractivity contribution in [2.24, 2.45) is 0 Å². The number of ether oxygens (including phenoxy) is 1. The van der Waals surface area contributed by atoms with Crippen LogP contribution in [0.3, 0.4) is 0 Å². The molecule has 1 N–H and O–H groups in total. The molecule has 2 atom stereocenters. The Morgan fingerprint density at radius 1 is 1.06 bits per heavy atom. The van der Waals surface area contributed by atoms with Gasteiger partial charge in [-0.2, -0.15) is 0 Å². The summed E-state index contributed by atoms with van der Waals surface area (Å²) >= 11 is 0. The zero-order chi connectivity index (χ0) is 21.3. The molecule has 31 heavy (non-hydrogen) atoms. The summed E-state index contributed by atoms with van der Waals surface area (Å²) in [6.45, 7) is 1.80. The number of aromatic nitrogens is 1. The van der Waals surface area contributed by atoms with Gasteiger partial charge in [-0.05, 0) is 63.1 Å². The third kappa shape index (κ3) is 4.24. The molecular weight excluding hydrogens is 378 g/mol. The lowest BCUT2D eigenvalue weighted by molar-refractivity contribution is -0.127. The Hall–Kier alpha value is -1.58. The maximum absolute atomic E-state index is 6.46. The summed E-state index contributed by atoms with van der Waals surface area (Å²) in [5.74, 6) is 0. The van der Waals surface area contributed by atoms with Crippen molar-refractivity contribution in [2.45, 2.75) is 81.3 Å². The van der Waals surface area contributed by atoms with Crippen molar-refractivity contribution >= 4 is 26.6 Å². The highest BCUT2D eigenvalue weighted by molar-refractivity contribution is 6.33. The SMILES string of the molecule is [B]c1ccc(C2(CCNC3CCc4c([B])cccc43)CCOC3(CCCCC3)C2)nc1. The molecule has 2 aliphatic carbocycles. The third-order valence-electron chi connectivity index (χ3n) is 8.05. The highest BCUT2D eigenvalue weighted by atomic mass is 16.5. The van der Waals surface area contributed by atoms with Gasteiger partial charge in [-0.3, -0.25) is 4.98 Å². The van der Waals surface area contributed by atoms with E-state index in [0.717, 1.165) is 56.2 Å². The standard InChI is InChI=1S/C26H32B2N2O/c27-19-7-10-24(30-17-19)25(14-16-31-26(18-25)11-2-1-3-12-26)13-15-29-23-9-8-20-21(23)5-4-6-22(20)28/h4-7,10,17,23,29H,1-3,8-9,11-16,18H2.